The van der Waals surface area contributed by atoms with Crippen molar-refractivity contribution in [2.45, 2.75) is 51.9 Å². The molecule has 2 aliphatic rings. The lowest BCUT2D eigenvalue weighted by Crippen LogP contribution is -2.48. The van der Waals surface area contributed by atoms with E-state index in [1.54, 1.807) is 47.5 Å². The predicted molar refractivity (Wildman–Crippen MR) is 197 cm³/mol. The molecule has 13 heteroatoms. The van der Waals surface area contributed by atoms with Gasteiger partial charge in [-0.2, -0.15) is 5.10 Å². The van der Waals surface area contributed by atoms with Crippen LogP contribution < -0.4 is 15.8 Å². The normalized spacial score (nSPS) is 17.7. The van der Waals surface area contributed by atoms with E-state index in [1.807, 2.05) is 42.7 Å². The van der Waals surface area contributed by atoms with E-state index < -0.39 is 5.60 Å². The minimum Gasteiger partial charge on any atom is -0.475 e. The van der Waals surface area contributed by atoms with Crippen molar-refractivity contribution in [1.82, 2.24) is 29.5 Å². The highest BCUT2D eigenvalue weighted by Gasteiger charge is 2.45. The number of nitrogen functional groups attached to an aromatic ring is 1. The van der Waals surface area contributed by atoms with Crippen molar-refractivity contribution < 1.29 is 19.1 Å². The SMILES string of the molecule is CCn1cnc(-c2ccc(C3=CCN(C(=O)CN4CC[C@@](OC)(C(=O)Nc5ccc(N)c(C(=N)c6ccc(OC(C)C)nc6)c5)C4)CC3)cc2)n1. The Morgan fingerprint density at radius 2 is 1.84 bits per heavy atom. The van der Waals surface area contributed by atoms with Crippen LogP contribution in [0.25, 0.3) is 17.0 Å². The summed E-state index contributed by atoms with van der Waals surface area (Å²) >= 11 is 0. The maximum atomic E-state index is 13.7. The topological polar surface area (TPSA) is 165 Å². The number of likely N-dealkylation sites (tertiary alicyclic amines) is 1. The number of benzene rings is 2. The fourth-order valence-electron chi connectivity index (χ4n) is 6.39. The molecule has 51 heavy (non-hydrogen) atoms. The van der Waals surface area contributed by atoms with Gasteiger partial charge in [-0.1, -0.05) is 30.3 Å². The summed E-state index contributed by atoms with van der Waals surface area (Å²) in [6.07, 6.45) is 6.60. The van der Waals surface area contributed by atoms with E-state index in [0.29, 0.717) is 60.3 Å². The average Bonchev–Trinajstić information content (AvgIpc) is 3.81. The number of nitrogens with one attached hydrogen (secondary N) is 2. The molecule has 1 saturated heterocycles. The summed E-state index contributed by atoms with van der Waals surface area (Å²) in [5, 5.41) is 16.2. The van der Waals surface area contributed by atoms with Crippen LogP contribution in [0.2, 0.25) is 0 Å². The Kier molecular flexibility index (Phi) is 10.6. The third-order valence-corrected chi connectivity index (χ3v) is 9.37. The van der Waals surface area contributed by atoms with Crippen LogP contribution in [0.4, 0.5) is 11.4 Å². The van der Waals surface area contributed by atoms with Gasteiger partial charge in [0.25, 0.3) is 5.91 Å². The molecule has 2 amide bonds. The zero-order chi connectivity index (χ0) is 36.1. The molecule has 4 heterocycles. The molecule has 2 aromatic carbocycles. The van der Waals surface area contributed by atoms with E-state index in [-0.39, 0.29) is 36.7 Å². The number of pyridine rings is 1. The molecule has 0 spiro atoms. The summed E-state index contributed by atoms with van der Waals surface area (Å²) in [5.41, 5.74) is 10.5. The average molecular weight is 692 g/mol. The van der Waals surface area contributed by atoms with Gasteiger partial charge in [-0.05, 0) is 69.0 Å². The lowest BCUT2D eigenvalue weighted by molar-refractivity contribution is -0.138. The highest BCUT2D eigenvalue weighted by Crippen LogP contribution is 2.29. The Balaban J connectivity index is 1.03. The first-order valence-corrected chi connectivity index (χ1v) is 17.2. The van der Waals surface area contributed by atoms with Crippen molar-refractivity contribution in [1.29, 1.82) is 5.41 Å². The molecule has 2 aliphatic heterocycles. The molecule has 0 radical (unpaired) electrons. The van der Waals surface area contributed by atoms with E-state index in [2.05, 4.69) is 38.6 Å². The fourth-order valence-corrected chi connectivity index (χ4v) is 6.39. The number of methoxy groups -OCH3 is 1. The summed E-state index contributed by atoms with van der Waals surface area (Å²) in [6.45, 7) is 8.82. The molecule has 0 saturated carbocycles. The summed E-state index contributed by atoms with van der Waals surface area (Å²) < 4.78 is 13.2. The molecule has 4 N–H and O–H groups in total. The van der Waals surface area contributed by atoms with Gasteiger partial charge in [-0.15, -0.1) is 0 Å². The Bertz CT molecular complexity index is 1920. The molecule has 1 fully saturated rings. The van der Waals surface area contributed by atoms with Gasteiger partial charge in [0.15, 0.2) is 11.4 Å². The van der Waals surface area contributed by atoms with E-state index in [0.717, 1.165) is 24.1 Å². The number of rotatable bonds is 12. The number of hydrogen-bond acceptors (Lipinski definition) is 10. The van der Waals surface area contributed by atoms with Gasteiger partial charge >= 0.3 is 0 Å². The summed E-state index contributed by atoms with van der Waals surface area (Å²) in [6, 6.07) is 16.8. The first-order chi connectivity index (χ1) is 24.6. The maximum absolute atomic E-state index is 13.7. The smallest absolute Gasteiger partial charge is 0.258 e. The van der Waals surface area contributed by atoms with Gasteiger partial charge in [0.1, 0.15) is 6.33 Å². The molecule has 266 valence electrons. The van der Waals surface area contributed by atoms with Gasteiger partial charge < -0.3 is 25.4 Å². The van der Waals surface area contributed by atoms with Crippen LogP contribution >= 0.6 is 0 Å². The summed E-state index contributed by atoms with van der Waals surface area (Å²) in [7, 11) is 1.52. The minimum atomic E-state index is -1.13. The molecule has 0 aliphatic carbocycles. The predicted octanol–water partition coefficient (Wildman–Crippen LogP) is 4.49. The molecule has 0 unspecified atom stereocenters. The Hall–Kier alpha value is -5.40. The lowest BCUT2D eigenvalue weighted by Gasteiger charge is -2.30. The largest absolute Gasteiger partial charge is 0.475 e. The van der Waals surface area contributed by atoms with Gasteiger partial charge in [0, 0.05) is 80.2 Å². The first-order valence-electron chi connectivity index (χ1n) is 17.2. The van der Waals surface area contributed by atoms with Crippen LogP contribution in [0.15, 0.2) is 73.2 Å². The maximum Gasteiger partial charge on any atom is 0.258 e. The van der Waals surface area contributed by atoms with Crippen LogP contribution in [-0.2, 0) is 20.9 Å². The highest BCUT2D eigenvalue weighted by atomic mass is 16.5. The minimum absolute atomic E-state index is 0.0142. The molecule has 0 bridgehead atoms. The molecule has 6 rings (SSSR count). The second-order valence-corrected chi connectivity index (χ2v) is 13.2. The van der Waals surface area contributed by atoms with Crippen molar-refractivity contribution in [3.05, 3.63) is 89.9 Å². The van der Waals surface area contributed by atoms with Crippen LogP contribution in [0.5, 0.6) is 5.88 Å². The third kappa shape index (κ3) is 8.00. The number of anilines is 2. The quantitative estimate of drug-likeness (QED) is 0.143. The van der Waals surface area contributed by atoms with E-state index in [1.165, 1.54) is 12.7 Å². The number of amides is 2. The Morgan fingerprint density at radius 3 is 2.49 bits per heavy atom. The first kappa shape index (κ1) is 35.4. The zero-order valence-corrected chi connectivity index (χ0v) is 29.6. The Morgan fingerprint density at radius 1 is 1.06 bits per heavy atom. The number of aromatic nitrogens is 4. The molecule has 13 nitrogen and oxygen atoms in total. The van der Waals surface area contributed by atoms with E-state index >= 15 is 0 Å². The molecule has 1 atom stereocenters. The Labute approximate surface area is 298 Å². The van der Waals surface area contributed by atoms with Gasteiger partial charge in [-0.3, -0.25) is 24.6 Å². The number of carbonyl (C=O) groups is 2. The second-order valence-electron chi connectivity index (χ2n) is 13.2. The lowest BCUT2D eigenvalue weighted by atomic mass is 9.98. The van der Waals surface area contributed by atoms with Gasteiger partial charge in [0.05, 0.1) is 18.4 Å². The number of nitrogens with zero attached hydrogens (tertiary/aromatic N) is 6. The summed E-state index contributed by atoms with van der Waals surface area (Å²) in [5.74, 6) is 0.886. The van der Waals surface area contributed by atoms with Crippen LogP contribution in [-0.4, -0.2) is 98.6 Å². The number of hydrogen-bond donors (Lipinski definition) is 3. The molecule has 4 aromatic rings. The van der Waals surface area contributed by atoms with Crippen LogP contribution in [0.3, 0.4) is 0 Å². The van der Waals surface area contributed by atoms with Gasteiger partial charge in [-0.25, -0.2) is 9.97 Å². The number of ether oxygens (including phenoxy) is 2. The van der Waals surface area contributed by atoms with Crippen molar-refractivity contribution in [3.8, 4) is 17.3 Å². The molecular weight excluding hydrogens is 646 g/mol. The van der Waals surface area contributed by atoms with E-state index in [4.69, 9.17) is 20.6 Å². The number of aryl methyl sites for hydroxylation is 1. The standard InChI is InChI=1S/C38H45N9O4/c1-5-47-24-42-36(44-47)28-8-6-26(7-9-28)27-14-17-46(18-15-27)34(48)22-45-19-16-38(23-45,50-4)37(49)43-30-11-12-32(39)31(20-30)35(40)29-10-13-33(41-21-29)51-25(2)3/h6-14,20-21,24-25,40H,5,15-19,22-23,39H2,1-4H3,(H,43,49)/t38-/m0/s1. The molecular formula is C38H45N9O4. The zero-order valence-electron chi connectivity index (χ0n) is 29.6. The van der Waals surface area contributed by atoms with E-state index in [9.17, 15) is 9.59 Å². The number of carbonyl (C=O) groups excluding carboxylic acids is 2. The van der Waals surface area contributed by atoms with Crippen molar-refractivity contribution in [2.75, 3.05) is 50.9 Å². The van der Waals surface area contributed by atoms with Crippen LogP contribution in [0, 0.1) is 5.41 Å². The number of nitrogens with two attached hydrogens (primary N) is 1. The molecule has 2 aromatic heterocycles. The highest BCUT2D eigenvalue weighted by molar-refractivity contribution is 6.14. The second kappa shape index (κ2) is 15.2. The third-order valence-electron chi connectivity index (χ3n) is 9.37. The summed E-state index contributed by atoms with van der Waals surface area (Å²) in [4.78, 5) is 39.5. The van der Waals surface area contributed by atoms with Gasteiger partial charge in [0.2, 0.25) is 11.8 Å². The van der Waals surface area contributed by atoms with Crippen molar-refractivity contribution in [3.63, 3.8) is 0 Å². The van der Waals surface area contributed by atoms with Crippen molar-refractivity contribution in [2.24, 2.45) is 0 Å². The van der Waals surface area contributed by atoms with Crippen molar-refractivity contribution >= 4 is 34.5 Å². The van der Waals surface area contributed by atoms with Crippen LogP contribution in [0.1, 0.15) is 50.3 Å². The fraction of sp³-hybridized carbons (Fsp3) is 0.368. The monoisotopic (exact) mass is 691 g/mol.